The van der Waals surface area contributed by atoms with Crippen molar-refractivity contribution in [3.05, 3.63) is 53.4 Å². The minimum atomic E-state index is -0.150. The van der Waals surface area contributed by atoms with E-state index in [1.54, 1.807) is 11.8 Å². The van der Waals surface area contributed by atoms with E-state index in [0.29, 0.717) is 43.9 Å². The molecule has 0 bridgehead atoms. The molecule has 0 spiro atoms. The Hall–Kier alpha value is -2.67. The Morgan fingerprint density at radius 3 is 2.64 bits per heavy atom. The van der Waals surface area contributed by atoms with Crippen LogP contribution in [0.3, 0.4) is 0 Å². The van der Waals surface area contributed by atoms with E-state index in [9.17, 15) is 9.59 Å². The van der Waals surface area contributed by atoms with Gasteiger partial charge in [0.25, 0.3) is 5.91 Å². The first-order valence-corrected chi connectivity index (χ1v) is 8.31. The fourth-order valence-corrected chi connectivity index (χ4v) is 2.87. The molecule has 1 N–H and O–H groups in total. The Balaban J connectivity index is 1.43. The second-order valence-corrected chi connectivity index (χ2v) is 6.10. The van der Waals surface area contributed by atoms with E-state index in [1.165, 1.54) is 6.20 Å². The Labute approximate surface area is 145 Å². The number of hydroxylamine groups is 1. The second-order valence-electron chi connectivity index (χ2n) is 6.10. The van der Waals surface area contributed by atoms with Crippen LogP contribution in [0.15, 0.2) is 41.1 Å². The van der Waals surface area contributed by atoms with Crippen LogP contribution in [0.25, 0.3) is 0 Å². The Kier molecular flexibility index (Phi) is 5.45. The summed E-state index contributed by atoms with van der Waals surface area (Å²) in [4.78, 5) is 31.6. The van der Waals surface area contributed by atoms with E-state index in [2.05, 4.69) is 10.6 Å². The van der Waals surface area contributed by atoms with Gasteiger partial charge in [0, 0.05) is 19.0 Å². The zero-order valence-corrected chi connectivity index (χ0v) is 14.1. The highest BCUT2D eigenvalue weighted by Crippen LogP contribution is 2.20. The Bertz CT molecular complexity index is 721. The molecule has 1 fully saturated rings. The number of amides is 2. The molecular weight excluding hydrogens is 322 g/mol. The van der Waals surface area contributed by atoms with Crippen LogP contribution < -0.4 is 5.48 Å². The highest BCUT2D eigenvalue weighted by molar-refractivity contribution is 5.95. The van der Waals surface area contributed by atoms with Gasteiger partial charge in [-0.05, 0) is 25.3 Å². The molecule has 0 aliphatic carbocycles. The van der Waals surface area contributed by atoms with Gasteiger partial charge >= 0.3 is 0 Å². The average molecular weight is 343 g/mol. The van der Waals surface area contributed by atoms with Crippen molar-refractivity contribution in [1.82, 2.24) is 15.5 Å². The first kappa shape index (κ1) is 17.2. The number of benzene rings is 1. The minimum absolute atomic E-state index is 0.0991. The van der Waals surface area contributed by atoms with Gasteiger partial charge in [0.2, 0.25) is 5.91 Å². The van der Waals surface area contributed by atoms with Crippen molar-refractivity contribution in [3.63, 3.8) is 0 Å². The number of nitrogens with one attached hydrogen (secondary N) is 1. The summed E-state index contributed by atoms with van der Waals surface area (Å²) in [7, 11) is 0. The molecule has 1 aliphatic rings. The van der Waals surface area contributed by atoms with Crippen molar-refractivity contribution in [2.24, 2.45) is 5.92 Å². The lowest BCUT2D eigenvalue weighted by molar-refractivity contribution is -0.140. The number of carbonyl (C=O) groups excluding carboxylic acids is 2. The summed E-state index contributed by atoms with van der Waals surface area (Å²) < 4.78 is 4.94. The number of nitrogens with zero attached hydrogens (tertiary/aromatic N) is 2. The number of hydrogen-bond donors (Lipinski definition) is 1. The predicted molar refractivity (Wildman–Crippen MR) is 89.2 cm³/mol. The molecule has 1 aromatic carbocycles. The van der Waals surface area contributed by atoms with Gasteiger partial charge in [-0.15, -0.1) is 0 Å². The number of aryl methyl sites for hydroxylation is 1. The highest BCUT2D eigenvalue weighted by Gasteiger charge is 2.29. The zero-order chi connectivity index (χ0) is 17.6. The fraction of sp³-hybridized carbons (Fsp3) is 0.389. The lowest BCUT2D eigenvalue weighted by atomic mass is 9.96. The van der Waals surface area contributed by atoms with Crippen LogP contribution in [0.4, 0.5) is 0 Å². The zero-order valence-electron chi connectivity index (χ0n) is 14.1. The number of aromatic nitrogens is 1. The normalized spacial score (nSPS) is 15.2. The number of carbonyl (C=O) groups is 2. The molecule has 0 saturated carbocycles. The molecule has 1 aliphatic heterocycles. The third kappa shape index (κ3) is 4.24. The van der Waals surface area contributed by atoms with Crippen molar-refractivity contribution in [1.29, 1.82) is 0 Å². The van der Waals surface area contributed by atoms with Crippen LogP contribution >= 0.6 is 0 Å². The van der Waals surface area contributed by atoms with Gasteiger partial charge in [-0.3, -0.25) is 14.4 Å². The van der Waals surface area contributed by atoms with Gasteiger partial charge in [0.05, 0.1) is 12.8 Å². The molecule has 0 atom stereocenters. The summed E-state index contributed by atoms with van der Waals surface area (Å²) in [5.74, 6) is 0.129. The lowest BCUT2D eigenvalue weighted by Gasteiger charge is -2.31. The van der Waals surface area contributed by atoms with E-state index >= 15 is 0 Å². The molecule has 0 radical (unpaired) electrons. The third-order valence-electron chi connectivity index (χ3n) is 4.39. The van der Waals surface area contributed by atoms with Crippen molar-refractivity contribution >= 4 is 11.8 Å². The molecule has 2 aromatic rings. The van der Waals surface area contributed by atoms with Gasteiger partial charge in [-0.25, -0.2) is 5.48 Å². The van der Waals surface area contributed by atoms with E-state index in [4.69, 9.17) is 9.36 Å². The first-order chi connectivity index (χ1) is 12.1. The van der Waals surface area contributed by atoms with E-state index in [0.717, 1.165) is 5.56 Å². The lowest BCUT2D eigenvalue weighted by Crippen LogP contribution is -2.43. The van der Waals surface area contributed by atoms with Crippen LogP contribution in [-0.2, 0) is 16.2 Å². The van der Waals surface area contributed by atoms with Crippen LogP contribution in [0.2, 0.25) is 0 Å². The molecular formula is C18H21N3O4. The van der Waals surface area contributed by atoms with Gasteiger partial charge in [-0.2, -0.15) is 0 Å². The van der Waals surface area contributed by atoms with Crippen LogP contribution in [0.5, 0.6) is 0 Å². The van der Waals surface area contributed by atoms with Gasteiger partial charge in [0.1, 0.15) is 11.3 Å². The predicted octanol–water partition coefficient (Wildman–Crippen LogP) is 2.08. The van der Waals surface area contributed by atoms with Crippen molar-refractivity contribution in [3.8, 4) is 0 Å². The van der Waals surface area contributed by atoms with E-state index in [1.807, 2.05) is 30.3 Å². The molecule has 1 saturated heterocycles. The minimum Gasteiger partial charge on any atom is -0.361 e. The molecule has 7 nitrogen and oxygen atoms in total. The highest BCUT2D eigenvalue weighted by atomic mass is 16.6. The SMILES string of the molecule is Cc1oncc1C(=O)N1CCC(C(=O)NOCc2ccccc2)CC1. The van der Waals surface area contributed by atoms with E-state index in [-0.39, 0.29) is 17.7 Å². The number of rotatable bonds is 5. The second kappa shape index (κ2) is 7.94. The third-order valence-corrected chi connectivity index (χ3v) is 4.39. The number of piperidine rings is 1. The summed E-state index contributed by atoms with van der Waals surface area (Å²) >= 11 is 0. The maximum absolute atomic E-state index is 12.4. The van der Waals surface area contributed by atoms with Crippen molar-refractivity contribution in [2.75, 3.05) is 13.1 Å². The maximum Gasteiger partial charge on any atom is 0.259 e. The summed E-state index contributed by atoms with van der Waals surface area (Å²) in [6.45, 7) is 3.10. The van der Waals surface area contributed by atoms with Gasteiger partial charge < -0.3 is 9.42 Å². The molecule has 2 amide bonds. The van der Waals surface area contributed by atoms with E-state index < -0.39 is 0 Å². The molecule has 7 heteroatoms. The first-order valence-electron chi connectivity index (χ1n) is 8.31. The maximum atomic E-state index is 12.4. The van der Waals surface area contributed by atoms with Crippen molar-refractivity contribution < 1.29 is 18.9 Å². The molecule has 0 unspecified atom stereocenters. The molecule has 3 rings (SSSR count). The number of likely N-dealkylation sites (tertiary alicyclic amines) is 1. The quantitative estimate of drug-likeness (QED) is 0.840. The standard InChI is InChI=1S/C18H21N3O4/c1-13-16(11-19-25-13)18(23)21-9-7-15(8-10-21)17(22)20-24-12-14-5-3-2-4-6-14/h2-6,11,15H,7-10,12H2,1H3,(H,20,22). The van der Waals surface area contributed by atoms with Gasteiger partial charge in [0.15, 0.2) is 0 Å². The fourth-order valence-electron chi connectivity index (χ4n) is 2.87. The van der Waals surface area contributed by atoms with Gasteiger partial charge in [-0.1, -0.05) is 35.5 Å². The molecule has 1 aromatic heterocycles. The summed E-state index contributed by atoms with van der Waals surface area (Å²) in [5.41, 5.74) is 3.99. The summed E-state index contributed by atoms with van der Waals surface area (Å²) in [6, 6.07) is 9.64. The van der Waals surface area contributed by atoms with Crippen LogP contribution in [0.1, 0.15) is 34.5 Å². The Morgan fingerprint density at radius 2 is 2.00 bits per heavy atom. The molecule has 132 valence electrons. The monoisotopic (exact) mass is 343 g/mol. The average Bonchev–Trinajstić information content (AvgIpc) is 3.08. The summed E-state index contributed by atoms with van der Waals surface area (Å²) in [5, 5.41) is 3.64. The van der Waals surface area contributed by atoms with Crippen molar-refractivity contribution in [2.45, 2.75) is 26.4 Å². The molecule has 2 heterocycles. The number of hydrogen-bond acceptors (Lipinski definition) is 5. The smallest absolute Gasteiger partial charge is 0.259 e. The summed E-state index contributed by atoms with van der Waals surface area (Å²) in [6.07, 6.45) is 2.65. The molecule has 25 heavy (non-hydrogen) atoms. The Morgan fingerprint density at radius 1 is 1.28 bits per heavy atom. The largest absolute Gasteiger partial charge is 0.361 e. The van der Waals surface area contributed by atoms with Crippen LogP contribution in [0, 0.1) is 12.8 Å². The van der Waals surface area contributed by atoms with Crippen LogP contribution in [-0.4, -0.2) is 35.0 Å². The topological polar surface area (TPSA) is 84.7 Å².